The van der Waals surface area contributed by atoms with E-state index in [2.05, 4.69) is 9.97 Å². The van der Waals surface area contributed by atoms with E-state index in [1.54, 1.807) is 25.3 Å². The average molecular weight is 445 g/mol. The van der Waals surface area contributed by atoms with Crippen LogP contribution in [0.1, 0.15) is 44.7 Å². The van der Waals surface area contributed by atoms with Gasteiger partial charge in [0.15, 0.2) is 5.13 Å². The van der Waals surface area contributed by atoms with Crippen LogP contribution in [-0.4, -0.2) is 34.9 Å². The summed E-state index contributed by atoms with van der Waals surface area (Å²) in [6, 6.07) is 5.88. The van der Waals surface area contributed by atoms with Crippen LogP contribution in [0.5, 0.6) is 0 Å². The zero-order valence-corrected chi connectivity index (χ0v) is 18.1. The maximum atomic E-state index is 14.2. The van der Waals surface area contributed by atoms with Gasteiger partial charge in [-0.25, -0.2) is 19.0 Å². The predicted molar refractivity (Wildman–Crippen MR) is 112 cm³/mol. The lowest BCUT2D eigenvalue weighted by atomic mass is 10.1. The maximum absolute atomic E-state index is 14.2. The number of ether oxygens (including phenoxy) is 2. The number of methoxy groups -OCH3 is 1. The van der Waals surface area contributed by atoms with Gasteiger partial charge in [0.05, 0.1) is 24.1 Å². The first-order valence-electron chi connectivity index (χ1n) is 9.18. The van der Waals surface area contributed by atoms with Crippen molar-refractivity contribution in [2.45, 2.75) is 27.4 Å². The summed E-state index contributed by atoms with van der Waals surface area (Å²) in [7, 11) is 1.26. The maximum Gasteiger partial charge on any atom is 0.355 e. The number of anilines is 2. The van der Waals surface area contributed by atoms with Crippen molar-refractivity contribution in [2.24, 2.45) is 0 Å². The van der Waals surface area contributed by atoms with Crippen LogP contribution in [-0.2, 0) is 20.9 Å². The molecule has 162 valence electrons. The van der Waals surface area contributed by atoms with Crippen molar-refractivity contribution in [3.63, 3.8) is 0 Å². The van der Waals surface area contributed by atoms with Gasteiger partial charge in [-0.3, -0.25) is 9.69 Å². The summed E-state index contributed by atoms with van der Waals surface area (Å²) < 4.78 is 24.2. The molecule has 0 radical (unpaired) electrons. The number of rotatable bonds is 6. The SMILES string of the molecule is COC(=O)c1c(C)[nH]c(C(=O)OCc2csc(N(C(C)=O)c3ccccc3F)n2)c1C. The number of halogens is 1. The van der Waals surface area contributed by atoms with Gasteiger partial charge in [0.1, 0.15) is 18.1 Å². The van der Waals surface area contributed by atoms with Crippen molar-refractivity contribution >= 4 is 40.0 Å². The number of hydrogen-bond donors (Lipinski definition) is 1. The molecule has 1 N–H and O–H groups in total. The van der Waals surface area contributed by atoms with E-state index in [0.717, 1.165) is 16.2 Å². The molecular formula is C21H20FN3O5S. The van der Waals surface area contributed by atoms with Gasteiger partial charge in [0.25, 0.3) is 0 Å². The molecule has 0 saturated carbocycles. The van der Waals surface area contributed by atoms with Crippen molar-refractivity contribution < 1.29 is 28.2 Å². The number of aromatic amines is 1. The lowest BCUT2D eigenvalue weighted by Crippen LogP contribution is -2.23. The zero-order chi connectivity index (χ0) is 22.7. The summed E-state index contributed by atoms with van der Waals surface area (Å²) >= 11 is 1.12. The highest BCUT2D eigenvalue weighted by molar-refractivity contribution is 7.14. The summed E-state index contributed by atoms with van der Waals surface area (Å²) in [5.74, 6) is -2.18. The Bertz CT molecular complexity index is 1150. The second-order valence-corrected chi connectivity index (χ2v) is 7.46. The van der Waals surface area contributed by atoms with E-state index in [1.807, 2.05) is 0 Å². The number of aryl methyl sites for hydroxylation is 1. The molecule has 0 unspecified atom stereocenters. The third kappa shape index (κ3) is 4.48. The molecule has 10 heteroatoms. The Morgan fingerprint density at radius 2 is 1.90 bits per heavy atom. The lowest BCUT2D eigenvalue weighted by molar-refractivity contribution is -0.115. The summed E-state index contributed by atoms with van der Waals surface area (Å²) in [6.45, 7) is 4.42. The molecule has 2 heterocycles. The fraction of sp³-hybridized carbons (Fsp3) is 0.238. The highest BCUT2D eigenvalue weighted by Crippen LogP contribution is 2.31. The smallest absolute Gasteiger partial charge is 0.355 e. The number of amides is 1. The minimum Gasteiger partial charge on any atom is -0.465 e. The number of para-hydroxylation sites is 1. The molecule has 2 aromatic heterocycles. The minimum absolute atomic E-state index is 0.0840. The molecule has 0 aliphatic rings. The van der Waals surface area contributed by atoms with Crippen LogP contribution >= 0.6 is 11.3 Å². The first-order chi connectivity index (χ1) is 14.7. The Kier molecular flexibility index (Phi) is 6.50. The molecule has 0 atom stereocenters. The van der Waals surface area contributed by atoms with Gasteiger partial charge in [0, 0.05) is 18.0 Å². The number of hydrogen-bond acceptors (Lipinski definition) is 7. The van der Waals surface area contributed by atoms with Crippen LogP contribution in [0.15, 0.2) is 29.6 Å². The number of esters is 2. The quantitative estimate of drug-likeness (QED) is 0.574. The molecule has 3 aromatic rings. The first kappa shape index (κ1) is 22.2. The highest BCUT2D eigenvalue weighted by Gasteiger charge is 2.24. The second kappa shape index (κ2) is 9.09. The van der Waals surface area contributed by atoms with Gasteiger partial charge in [-0.15, -0.1) is 11.3 Å². The van der Waals surface area contributed by atoms with Gasteiger partial charge >= 0.3 is 11.9 Å². The number of benzene rings is 1. The number of carbonyl (C=O) groups excluding carboxylic acids is 3. The van der Waals surface area contributed by atoms with Crippen LogP contribution in [0.3, 0.4) is 0 Å². The van der Waals surface area contributed by atoms with Crippen molar-refractivity contribution in [1.29, 1.82) is 0 Å². The van der Waals surface area contributed by atoms with E-state index in [4.69, 9.17) is 9.47 Å². The van der Waals surface area contributed by atoms with E-state index in [-0.39, 0.29) is 28.7 Å². The predicted octanol–water partition coefficient (Wildman–Crippen LogP) is 4.06. The summed E-state index contributed by atoms with van der Waals surface area (Å²) in [6.07, 6.45) is 0. The van der Waals surface area contributed by atoms with Crippen LogP contribution < -0.4 is 4.90 Å². The standard InChI is InChI=1S/C21H20FN3O5S/c1-11-17(19(27)29-4)12(2)23-18(11)20(28)30-9-14-10-31-21(24-14)25(13(3)26)16-8-6-5-7-15(16)22/h5-8,10,23H,9H2,1-4H3. The molecule has 0 aliphatic heterocycles. The average Bonchev–Trinajstić information content (AvgIpc) is 3.31. The second-order valence-electron chi connectivity index (χ2n) is 6.62. The van der Waals surface area contributed by atoms with Crippen LogP contribution in [0.4, 0.5) is 15.2 Å². The fourth-order valence-electron chi connectivity index (χ4n) is 3.08. The van der Waals surface area contributed by atoms with E-state index < -0.39 is 23.7 Å². The normalized spacial score (nSPS) is 10.6. The van der Waals surface area contributed by atoms with Crippen molar-refractivity contribution in [2.75, 3.05) is 12.0 Å². The molecule has 0 saturated heterocycles. The lowest BCUT2D eigenvalue weighted by Gasteiger charge is -2.18. The summed E-state index contributed by atoms with van der Waals surface area (Å²) in [5, 5.41) is 1.87. The summed E-state index contributed by atoms with van der Waals surface area (Å²) in [4.78, 5) is 44.8. The van der Waals surface area contributed by atoms with E-state index >= 15 is 0 Å². The van der Waals surface area contributed by atoms with E-state index in [0.29, 0.717) is 17.0 Å². The number of nitrogens with zero attached hydrogens (tertiary/aromatic N) is 2. The molecule has 0 bridgehead atoms. The largest absolute Gasteiger partial charge is 0.465 e. The molecule has 31 heavy (non-hydrogen) atoms. The van der Waals surface area contributed by atoms with Crippen molar-refractivity contribution in [1.82, 2.24) is 9.97 Å². The van der Waals surface area contributed by atoms with Crippen LogP contribution in [0, 0.1) is 19.7 Å². The molecule has 1 aromatic carbocycles. The van der Waals surface area contributed by atoms with Crippen LogP contribution in [0.2, 0.25) is 0 Å². The Morgan fingerprint density at radius 1 is 1.19 bits per heavy atom. The van der Waals surface area contributed by atoms with Gasteiger partial charge in [-0.05, 0) is 31.5 Å². The van der Waals surface area contributed by atoms with Crippen LogP contribution in [0.25, 0.3) is 0 Å². The molecular weight excluding hydrogens is 425 g/mol. The summed E-state index contributed by atoms with van der Waals surface area (Å²) in [5.41, 5.74) is 1.83. The van der Waals surface area contributed by atoms with Crippen molar-refractivity contribution in [3.8, 4) is 0 Å². The number of H-pyrrole nitrogens is 1. The van der Waals surface area contributed by atoms with Gasteiger partial charge in [0.2, 0.25) is 5.91 Å². The molecule has 8 nitrogen and oxygen atoms in total. The number of thiazole rings is 1. The third-order valence-corrected chi connectivity index (χ3v) is 5.40. The van der Waals surface area contributed by atoms with Gasteiger partial charge in [-0.2, -0.15) is 0 Å². The van der Waals surface area contributed by atoms with Gasteiger partial charge < -0.3 is 14.5 Å². The Hall–Kier alpha value is -3.53. The zero-order valence-electron chi connectivity index (χ0n) is 17.3. The highest BCUT2D eigenvalue weighted by atomic mass is 32.1. The molecule has 0 aliphatic carbocycles. The fourth-order valence-corrected chi connectivity index (χ4v) is 3.94. The number of nitrogens with one attached hydrogen (secondary N) is 1. The Labute approximate surface area is 181 Å². The van der Waals surface area contributed by atoms with Gasteiger partial charge in [-0.1, -0.05) is 12.1 Å². The first-order valence-corrected chi connectivity index (χ1v) is 10.1. The number of aromatic nitrogens is 2. The molecule has 0 spiro atoms. The molecule has 0 fully saturated rings. The minimum atomic E-state index is -0.664. The van der Waals surface area contributed by atoms with Crippen molar-refractivity contribution in [3.05, 3.63) is 63.7 Å². The topological polar surface area (TPSA) is 102 Å². The monoisotopic (exact) mass is 445 g/mol. The molecule has 3 rings (SSSR count). The molecule has 1 amide bonds. The third-order valence-electron chi connectivity index (χ3n) is 4.52. The van der Waals surface area contributed by atoms with E-state index in [1.165, 1.54) is 32.2 Å². The van der Waals surface area contributed by atoms with E-state index in [9.17, 15) is 18.8 Å². The Balaban J connectivity index is 1.76. The Morgan fingerprint density at radius 3 is 2.55 bits per heavy atom. The number of carbonyl (C=O) groups is 3.